The minimum atomic E-state index is -0.884. The molecule has 0 heterocycles. The Kier molecular flexibility index (Phi) is 1.85. The Morgan fingerprint density at radius 2 is 2.00 bits per heavy atom. The lowest BCUT2D eigenvalue weighted by Gasteiger charge is -1.97. The molecule has 1 aromatic carbocycles. The van der Waals surface area contributed by atoms with Crippen molar-refractivity contribution in [2.45, 2.75) is 0 Å². The molecule has 0 aliphatic heterocycles. The highest BCUT2D eigenvalue weighted by Crippen LogP contribution is 2.15. The van der Waals surface area contributed by atoms with Crippen LogP contribution in [0, 0.1) is 11.6 Å². The van der Waals surface area contributed by atoms with Gasteiger partial charge >= 0.3 is 0 Å². The van der Waals surface area contributed by atoms with Crippen molar-refractivity contribution in [1.82, 2.24) is 5.32 Å². The van der Waals surface area contributed by atoms with Gasteiger partial charge in [0.15, 0.2) is 11.6 Å². The van der Waals surface area contributed by atoms with Gasteiger partial charge in [0, 0.05) is 7.05 Å². The number of hydrogen-bond donors (Lipinski definition) is 0. The van der Waals surface area contributed by atoms with Crippen molar-refractivity contribution in [3.8, 4) is 0 Å². The minimum absolute atomic E-state index is 0.0556. The van der Waals surface area contributed by atoms with E-state index in [2.05, 4.69) is 5.32 Å². The van der Waals surface area contributed by atoms with Gasteiger partial charge in [-0.05, 0) is 12.1 Å². The zero-order chi connectivity index (χ0) is 7.56. The van der Waals surface area contributed by atoms with Crippen LogP contribution in [0.15, 0.2) is 18.2 Å². The SMILES string of the molecule is C[N]c1cccc(F)c1F. The van der Waals surface area contributed by atoms with Crippen molar-refractivity contribution in [2.75, 3.05) is 7.05 Å². The Morgan fingerprint density at radius 3 is 2.50 bits per heavy atom. The van der Waals surface area contributed by atoms with Gasteiger partial charge < -0.3 is 0 Å². The van der Waals surface area contributed by atoms with E-state index in [1.165, 1.54) is 19.2 Å². The average molecular weight is 142 g/mol. The van der Waals surface area contributed by atoms with Crippen molar-refractivity contribution >= 4 is 5.69 Å². The molecule has 10 heavy (non-hydrogen) atoms. The summed E-state index contributed by atoms with van der Waals surface area (Å²) in [7, 11) is 1.41. The molecule has 53 valence electrons. The maximum atomic E-state index is 12.5. The molecule has 0 fully saturated rings. The van der Waals surface area contributed by atoms with E-state index < -0.39 is 11.6 Å². The average Bonchev–Trinajstić information content (AvgIpc) is 1.95. The topological polar surface area (TPSA) is 14.1 Å². The first-order valence-electron chi connectivity index (χ1n) is 2.79. The van der Waals surface area contributed by atoms with Crippen LogP contribution in [0.1, 0.15) is 0 Å². The number of nitrogens with zero attached hydrogens (tertiary/aromatic N) is 1. The molecule has 1 rings (SSSR count). The van der Waals surface area contributed by atoms with Crippen molar-refractivity contribution in [3.63, 3.8) is 0 Å². The molecule has 0 aliphatic rings. The summed E-state index contributed by atoms with van der Waals surface area (Å²) >= 11 is 0. The molecule has 0 aromatic heterocycles. The van der Waals surface area contributed by atoms with Gasteiger partial charge in [-0.3, -0.25) is 5.32 Å². The molecule has 0 amide bonds. The quantitative estimate of drug-likeness (QED) is 0.568. The van der Waals surface area contributed by atoms with Crippen LogP contribution in [0.3, 0.4) is 0 Å². The van der Waals surface area contributed by atoms with Gasteiger partial charge in [0.2, 0.25) is 0 Å². The minimum Gasteiger partial charge on any atom is -0.285 e. The third kappa shape index (κ3) is 1.07. The van der Waals surface area contributed by atoms with Gasteiger partial charge in [-0.2, -0.15) is 0 Å². The van der Waals surface area contributed by atoms with Crippen LogP contribution in [0.2, 0.25) is 0 Å². The highest BCUT2D eigenvalue weighted by molar-refractivity contribution is 5.37. The molecule has 0 unspecified atom stereocenters. The highest BCUT2D eigenvalue weighted by atomic mass is 19.2. The predicted octanol–water partition coefficient (Wildman–Crippen LogP) is 1.83. The van der Waals surface area contributed by atoms with Gasteiger partial charge in [-0.25, -0.2) is 8.78 Å². The summed E-state index contributed by atoms with van der Waals surface area (Å²) < 4.78 is 24.9. The number of rotatable bonds is 1. The van der Waals surface area contributed by atoms with E-state index in [9.17, 15) is 8.78 Å². The monoisotopic (exact) mass is 142 g/mol. The lowest BCUT2D eigenvalue weighted by atomic mass is 10.3. The van der Waals surface area contributed by atoms with Gasteiger partial charge in [0.1, 0.15) is 0 Å². The Bertz CT molecular complexity index is 235. The van der Waals surface area contributed by atoms with Crippen molar-refractivity contribution in [3.05, 3.63) is 29.8 Å². The maximum Gasteiger partial charge on any atom is 0.183 e. The van der Waals surface area contributed by atoms with Crippen LogP contribution in [0.5, 0.6) is 0 Å². The Hall–Kier alpha value is -1.12. The molecule has 1 aromatic rings. The number of benzene rings is 1. The van der Waals surface area contributed by atoms with E-state index in [1.807, 2.05) is 0 Å². The van der Waals surface area contributed by atoms with E-state index in [0.717, 1.165) is 6.07 Å². The van der Waals surface area contributed by atoms with Crippen LogP contribution in [0.25, 0.3) is 0 Å². The summed E-state index contributed by atoms with van der Waals surface area (Å²) in [4.78, 5) is 0. The number of hydrogen-bond acceptors (Lipinski definition) is 0. The fourth-order valence-corrected chi connectivity index (χ4v) is 0.665. The molecule has 0 aliphatic carbocycles. The molecule has 0 saturated carbocycles. The summed E-state index contributed by atoms with van der Waals surface area (Å²) in [5.41, 5.74) is 0.0556. The van der Waals surface area contributed by atoms with Crippen molar-refractivity contribution in [1.29, 1.82) is 0 Å². The standard InChI is InChI=1S/C7H6F2N/c1-10-6-4-2-3-5(8)7(6)9/h2-4H,1H3. The molecule has 1 nitrogen and oxygen atoms in total. The summed E-state index contributed by atoms with van der Waals surface area (Å²) in [5.74, 6) is -1.74. The molecule has 0 N–H and O–H groups in total. The van der Waals surface area contributed by atoms with Crippen molar-refractivity contribution < 1.29 is 8.78 Å². The molecular weight excluding hydrogens is 136 g/mol. The zero-order valence-electron chi connectivity index (χ0n) is 5.44. The number of halogens is 2. The second-order valence-corrected chi connectivity index (χ2v) is 1.80. The second-order valence-electron chi connectivity index (χ2n) is 1.80. The van der Waals surface area contributed by atoms with E-state index in [0.29, 0.717) is 0 Å². The first-order chi connectivity index (χ1) is 4.75. The largest absolute Gasteiger partial charge is 0.285 e. The van der Waals surface area contributed by atoms with Gasteiger partial charge in [-0.1, -0.05) is 6.07 Å². The smallest absolute Gasteiger partial charge is 0.183 e. The Balaban J connectivity index is 3.14. The molecule has 0 bridgehead atoms. The zero-order valence-corrected chi connectivity index (χ0v) is 5.44. The van der Waals surface area contributed by atoms with Crippen molar-refractivity contribution in [2.24, 2.45) is 0 Å². The fraction of sp³-hybridized carbons (Fsp3) is 0.143. The highest BCUT2D eigenvalue weighted by Gasteiger charge is 2.04. The van der Waals surface area contributed by atoms with Crippen LogP contribution >= 0.6 is 0 Å². The van der Waals surface area contributed by atoms with E-state index in [1.54, 1.807) is 0 Å². The first-order valence-corrected chi connectivity index (χ1v) is 2.79. The van der Waals surface area contributed by atoms with Crippen LogP contribution in [-0.4, -0.2) is 7.05 Å². The van der Waals surface area contributed by atoms with Crippen LogP contribution < -0.4 is 5.32 Å². The van der Waals surface area contributed by atoms with Gasteiger partial charge in [0.25, 0.3) is 0 Å². The predicted molar refractivity (Wildman–Crippen MR) is 34.1 cm³/mol. The molecule has 0 saturated heterocycles. The fourth-order valence-electron chi connectivity index (χ4n) is 0.665. The third-order valence-corrected chi connectivity index (χ3v) is 1.17. The lowest BCUT2D eigenvalue weighted by Crippen LogP contribution is -1.93. The summed E-state index contributed by atoms with van der Waals surface area (Å²) in [5, 5.41) is 3.52. The molecular formula is C7H6F2N. The van der Waals surface area contributed by atoms with Crippen LogP contribution in [0.4, 0.5) is 14.5 Å². The lowest BCUT2D eigenvalue weighted by molar-refractivity contribution is 0.507. The second kappa shape index (κ2) is 2.64. The first kappa shape index (κ1) is 6.99. The molecule has 0 spiro atoms. The van der Waals surface area contributed by atoms with Gasteiger partial charge in [-0.15, -0.1) is 0 Å². The Morgan fingerprint density at radius 1 is 1.30 bits per heavy atom. The Labute approximate surface area is 57.7 Å². The normalized spacial score (nSPS) is 9.50. The molecule has 0 atom stereocenters. The molecule has 1 radical (unpaired) electrons. The van der Waals surface area contributed by atoms with Crippen LogP contribution in [-0.2, 0) is 0 Å². The summed E-state index contributed by atoms with van der Waals surface area (Å²) in [6.45, 7) is 0. The van der Waals surface area contributed by atoms with E-state index in [-0.39, 0.29) is 5.69 Å². The van der Waals surface area contributed by atoms with E-state index >= 15 is 0 Å². The third-order valence-electron chi connectivity index (χ3n) is 1.17. The summed E-state index contributed by atoms with van der Waals surface area (Å²) in [6, 6.07) is 3.89. The molecule has 3 heteroatoms. The van der Waals surface area contributed by atoms with Gasteiger partial charge in [0.05, 0.1) is 5.69 Å². The summed E-state index contributed by atoms with van der Waals surface area (Å²) in [6.07, 6.45) is 0. The van der Waals surface area contributed by atoms with E-state index in [4.69, 9.17) is 0 Å². The maximum absolute atomic E-state index is 12.5.